The molecule has 0 spiro atoms. The molecule has 0 aliphatic carbocycles. The van der Waals surface area contributed by atoms with E-state index in [1.807, 2.05) is 30.3 Å². The number of hydrogen-bond donors (Lipinski definition) is 1. The van der Waals surface area contributed by atoms with Crippen LogP contribution in [0.4, 0.5) is 5.82 Å². The van der Waals surface area contributed by atoms with Crippen LogP contribution in [0.1, 0.15) is 15.9 Å². The van der Waals surface area contributed by atoms with Crippen molar-refractivity contribution in [1.82, 2.24) is 14.1 Å². The zero-order chi connectivity index (χ0) is 21.0. The van der Waals surface area contributed by atoms with Gasteiger partial charge in [-0.2, -0.15) is 9.40 Å². The van der Waals surface area contributed by atoms with Crippen LogP contribution in [0.3, 0.4) is 0 Å². The zero-order valence-corrected chi connectivity index (χ0v) is 17.1. The van der Waals surface area contributed by atoms with Gasteiger partial charge in [0.1, 0.15) is 5.82 Å². The maximum absolute atomic E-state index is 12.7. The number of rotatable bonds is 6. The molecule has 4 rings (SSSR count). The molecule has 0 bridgehead atoms. The normalized spacial score (nSPS) is 15.1. The van der Waals surface area contributed by atoms with Gasteiger partial charge in [-0.25, -0.2) is 13.1 Å². The van der Waals surface area contributed by atoms with E-state index in [9.17, 15) is 13.2 Å². The molecule has 3 aromatic rings. The van der Waals surface area contributed by atoms with Crippen molar-refractivity contribution in [3.8, 4) is 0 Å². The summed E-state index contributed by atoms with van der Waals surface area (Å²) in [5, 5.41) is 7.10. The molecule has 30 heavy (non-hydrogen) atoms. The summed E-state index contributed by atoms with van der Waals surface area (Å²) >= 11 is 0. The van der Waals surface area contributed by atoms with Crippen molar-refractivity contribution in [2.75, 3.05) is 31.6 Å². The van der Waals surface area contributed by atoms with E-state index in [2.05, 4.69) is 10.4 Å². The molecule has 2 heterocycles. The van der Waals surface area contributed by atoms with Crippen LogP contribution in [-0.4, -0.2) is 54.7 Å². The molecule has 0 atom stereocenters. The van der Waals surface area contributed by atoms with Gasteiger partial charge in [-0.3, -0.25) is 4.79 Å². The van der Waals surface area contributed by atoms with Crippen LogP contribution in [0.15, 0.2) is 71.8 Å². The van der Waals surface area contributed by atoms with Crippen LogP contribution in [0, 0.1) is 0 Å². The van der Waals surface area contributed by atoms with Gasteiger partial charge in [0.05, 0.1) is 30.9 Å². The van der Waals surface area contributed by atoms with Gasteiger partial charge >= 0.3 is 0 Å². The molecule has 1 aromatic heterocycles. The van der Waals surface area contributed by atoms with Gasteiger partial charge in [-0.1, -0.05) is 30.3 Å². The van der Waals surface area contributed by atoms with Crippen molar-refractivity contribution in [2.45, 2.75) is 11.4 Å². The highest BCUT2D eigenvalue weighted by atomic mass is 32.2. The molecule has 0 saturated carbocycles. The second-order valence-corrected chi connectivity index (χ2v) is 8.79. The number of benzene rings is 2. The number of sulfonamides is 1. The third-order valence-electron chi connectivity index (χ3n) is 4.86. The monoisotopic (exact) mass is 426 g/mol. The number of nitrogens with zero attached hydrogens (tertiary/aromatic N) is 3. The third kappa shape index (κ3) is 4.43. The summed E-state index contributed by atoms with van der Waals surface area (Å²) < 4.78 is 33.7. The average Bonchev–Trinajstić information content (AvgIpc) is 3.21. The van der Waals surface area contributed by atoms with Crippen LogP contribution in [0.5, 0.6) is 0 Å². The quantitative estimate of drug-likeness (QED) is 0.652. The first kappa shape index (κ1) is 20.3. The predicted octanol–water partition coefficient (Wildman–Crippen LogP) is 2.20. The van der Waals surface area contributed by atoms with Crippen LogP contribution >= 0.6 is 0 Å². The fourth-order valence-electron chi connectivity index (χ4n) is 3.22. The summed E-state index contributed by atoms with van der Waals surface area (Å²) in [6.07, 6.45) is 1.62. The van der Waals surface area contributed by atoms with Crippen molar-refractivity contribution in [2.24, 2.45) is 0 Å². The van der Waals surface area contributed by atoms with Gasteiger partial charge in [0.15, 0.2) is 0 Å². The van der Waals surface area contributed by atoms with E-state index in [4.69, 9.17) is 4.74 Å². The number of carbonyl (C=O) groups excluding carboxylic acids is 1. The molecule has 0 unspecified atom stereocenters. The Kier molecular flexibility index (Phi) is 5.93. The van der Waals surface area contributed by atoms with Gasteiger partial charge in [-0.05, 0) is 29.8 Å². The highest BCUT2D eigenvalue weighted by Crippen LogP contribution is 2.18. The van der Waals surface area contributed by atoms with Crippen LogP contribution in [0.2, 0.25) is 0 Å². The van der Waals surface area contributed by atoms with E-state index >= 15 is 0 Å². The standard InChI is InChI=1S/C21H22N4O4S/c26-21(23-20-10-11-22-25(20)16-17-4-2-1-3-5-17)18-6-8-19(9-7-18)30(27,28)24-12-14-29-15-13-24/h1-11H,12-16H2,(H,23,26). The lowest BCUT2D eigenvalue weighted by Crippen LogP contribution is -2.40. The molecule has 1 saturated heterocycles. The minimum Gasteiger partial charge on any atom is -0.379 e. The lowest BCUT2D eigenvalue weighted by molar-refractivity contribution is 0.0730. The highest BCUT2D eigenvalue weighted by Gasteiger charge is 2.26. The molecule has 8 nitrogen and oxygen atoms in total. The van der Waals surface area contributed by atoms with Gasteiger partial charge in [0.25, 0.3) is 5.91 Å². The van der Waals surface area contributed by atoms with E-state index < -0.39 is 10.0 Å². The van der Waals surface area contributed by atoms with E-state index in [0.717, 1.165) is 5.56 Å². The van der Waals surface area contributed by atoms with Crippen LogP contribution in [0.25, 0.3) is 0 Å². The Morgan fingerprint density at radius 1 is 1.00 bits per heavy atom. The first-order chi connectivity index (χ1) is 14.5. The van der Waals surface area contributed by atoms with Crippen molar-refractivity contribution < 1.29 is 17.9 Å². The van der Waals surface area contributed by atoms with Gasteiger partial charge < -0.3 is 10.1 Å². The van der Waals surface area contributed by atoms with Crippen molar-refractivity contribution in [3.05, 3.63) is 78.0 Å². The first-order valence-corrected chi connectivity index (χ1v) is 11.0. The molecule has 0 radical (unpaired) electrons. The maximum Gasteiger partial charge on any atom is 0.256 e. The van der Waals surface area contributed by atoms with Crippen molar-refractivity contribution >= 4 is 21.7 Å². The lowest BCUT2D eigenvalue weighted by atomic mass is 10.2. The van der Waals surface area contributed by atoms with E-state index in [1.165, 1.54) is 28.6 Å². The van der Waals surface area contributed by atoms with E-state index in [1.54, 1.807) is 16.9 Å². The minimum atomic E-state index is -3.59. The fraction of sp³-hybridized carbons (Fsp3) is 0.238. The Morgan fingerprint density at radius 2 is 1.70 bits per heavy atom. The molecule has 9 heteroatoms. The smallest absolute Gasteiger partial charge is 0.256 e. The first-order valence-electron chi connectivity index (χ1n) is 9.59. The summed E-state index contributed by atoms with van der Waals surface area (Å²) in [6, 6.07) is 17.5. The van der Waals surface area contributed by atoms with Crippen LogP contribution < -0.4 is 5.32 Å². The Hall–Kier alpha value is -3.01. The second kappa shape index (κ2) is 8.78. The summed E-state index contributed by atoms with van der Waals surface area (Å²) in [4.78, 5) is 12.8. The highest BCUT2D eigenvalue weighted by molar-refractivity contribution is 7.89. The molecular weight excluding hydrogens is 404 g/mol. The second-order valence-electron chi connectivity index (χ2n) is 6.85. The zero-order valence-electron chi connectivity index (χ0n) is 16.3. The Balaban J connectivity index is 1.45. The summed E-state index contributed by atoms with van der Waals surface area (Å²) in [5.74, 6) is 0.231. The summed E-state index contributed by atoms with van der Waals surface area (Å²) in [7, 11) is -3.59. The lowest BCUT2D eigenvalue weighted by Gasteiger charge is -2.26. The molecule has 1 N–H and O–H groups in total. The molecule has 2 aromatic carbocycles. The molecule has 156 valence electrons. The third-order valence-corrected chi connectivity index (χ3v) is 6.77. The molecule has 1 amide bonds. The van der Waals surface area contributed by atoms with Gasteiger partial charge in [-0.15, -0.1) is 0 Å². The van der Waals surface area contributed by atoms with E-state index in [0.29, 0.717) is 44.2 Å². The van der Waals surface area contributed by atoms with Crippen LogP contribution in [-0.2, 0) is 21.3 Å². The summed E-state index contributed by atoms with van der Waals surface area (Å²) in [5.41, 5.74) is 1.43. The summed E-state index contributed by atoms with van der Waals surface area (Å²) in [6.45, 7) is 1.96. The molecule has 1 fully saturated rings. The topological polar surface area (TPSA) is 93.5 Å². The SMILES string of the molecule is O=C(Nc1ccnn1Cc1ccccc1)c1ccc(S(=O)(=O)N2CCOCC2)cc1. The number of morpholine rings is 1. The molecule has 1 aliphatic heterocycles. The molecule has 1 aliphatic rings. The van der Waals surface area contributed by atoms with Gasteiger partial charge in [0, 0.05) is 24.7 Å². The number of carbonyl (C=O) groups is 1. The number of ether oxygens (including phenoxy) is 1. The van der Waals surface area contributed by atoms with Crippen molar-refractivity contribution in [3.63, 3.8) is 0 Å². The number of anilines is 1. The number of nitrogens with one attached hydrogen (secondary N) is 1. The van der Waals surface area contributed by atoms with Crippen molar-refractivity contribution in [1.29, 1.82) is 0 Å². The Labute approximate surface area is 175 Å². The predicted molar refractivity (Wildman–Crippen MR) is 112 cm³/mol. The number of amides is 1. The molecular formula is C21H22N4O4S. The maximum atomic E-state index is 12.7. The van der Waals surface area contributed by atoms with E-state index in [-0.39, 0.29) is 10.8 Å². The minimum absolute atomic E-state index is 0.162. The Bertz CT molecular complexity index is 1110. The fourth-order valence-corrected chi connectivity index (χ4v) is 4.63. The average molecular weight is 426 g/mol. The largest absolute Gasteiger partial charge is 0.379 e. The number of aromatic nitrogens is 2. The number of hydrogen-bond acceptors (Lipinski definition) is 5. The van der Waals surface area contributed by atoms with Gasteiger partial charge in [0.2, 0.25) is 10.0 Å². The Morgan fingerprint density at radius 3 is 2.40 bits per heavy atom.